The molecule has 1 aliphatic rings. The van der Waals surface area contributed by atoms with Crippen LogP contribution in [-0.4, -0.2) is 31.2 Å². The molecule has 1 aromatic carbocycles. The van der Waals surface area contributed by atoms with Gasteiger partial charge in [0.05, 0.1) is 30.8 Å². The van der Waals surface area contributed by atoms with E-state index in [1.165, 1.54) is 12.8 Å². The van der Waals surface area contributed by atoms with E-state index in [-0.39, 0.29) is 18.4 Å². The number of quaternary nitrogens is 1. The SMILES string of the molecule is CC1CC(C)[NH+](CCCOC(=O)c2ccccc2)C(C)C1.[Cl-]. The zero-order chi connectivity index (χ0) is 15.2. The van der Waals surface area contributed by atoms with E-state index in [1.54, 1.807) is 17.0 Å². The number of benzene rings is 1. The van der Waals surface area contributed by atoms with Crippen LogP contribution in [0.3, 0.4) is 0 Å². The summed E-state index contributed by atoms with van der Waals surface area (Å²) in [6.45, 7) is 8.66. The largest absolute Gasteiger partial charge is 1.00 e. The molecule has 2 atom stereocenters. The van der Waals surface area contributed by atoms with Crippen LogP contribution in [-0.2, 0) is 4.74 Å². The van der Waals surface area contributed by atoms with Gasteiger partial charge in [0.25, 0.3) is 0 Å². The first kappa shape index (κ1) is 19.0. The first-order valence-corrected chi connectivity index (χ1v) is 8.15. The molecule has 0 aromatic heterocycles. The van der Waals surface area contributed by atoms with E-state index >= 15 is 0 Å². The maximum absolute atomic E-state index is 11.8. The van der Waals surface area contributed by atoms with Gasteiger partial charge >= 0.3 is 5.97 Å². The fourth-order valence-corrected chi connectivity index (χ4v) is 3.68. The molecule has 1 heterocycles. The minimum atomic E-state index is -0.209. The van der Waals surface area contributed by atoms with Gasteiger partial charge in [0, 0.05) is 19.3 Å². The Hall–Kier alpha value is -1.06. The number of likely N-dealkylation sites (tertiary alicyclic amines) is 1. The van der Waals surface area contributed by atoms with Crippen molar-refractivity contribution in [3.05, 3.63) is 35.9 Å². The van der Waals surface area contributed by atoms with E-state index < -0.39 is 0 Å². The van der Waals surface area contributed by atoms with E-state index in [2.05, 4.69) is 20.8 Å². The lowest BCUT2D eigenvalue weighted by Gasteiger charge is -2.38. The minimum Gasteiger partial charge on any atom is -1.00 e. The predicted molar refractivity (Wildman–Crippen MR) is 84.5 cm³/mol. The second-order valence-corrected chi connectivity index (χ2v) is 6.56. The van der Waals surface area contributed by atoms with Gasteiger partial charge in [-0.15, -0.1) is 0 Å². The number of hydrogen-bond acceptors (Lipinski definition) is 2. The smallest absolute Gasteiger partial charge is 0.338 e. The Balaban J connectivity index is 0.00000242. The second-order valence-electron chi connectivity index (χ2n) is 6.56. The molecule has 1 aliphatic heterocycles. The van der Waals surface area contributed by atoms with Crippen LogP contribution in [0.15, 0.2) is 30.3 Å². The molecule has 0 bridgehead atoms. The summed E-state index contributed by atoms with van der Waals surface area (Å²) in [5, 5.41) is 0. The minimum absolute atomic E-state index is 0. The van der Waals surface area contributed by atoms with E-state index in [1.807, 2.05) is 18.2 Å². The average molecular weight is 326 g/mol. The first-order chi connectivity index (χ1) is 10.1. The van der Waals surface area contributed by atoms with Gasteiger partial charge in [0.1, 0.15) is 0 Å². The van der Waals surface area contributed by atoms with Crippen LogP contribution in [0.25, 0.3) is 0 Å². The third kappa shape index (κ3) is 5.29. The summed E-state index contributed by atoms with van der Waals surface area (Å²) in [7, 11) is 0. The molecule has 0 spiro atoms. The van der Waals surface area contributed by atoms with Gasteiger partial charge in [-0.2, -0.15) is 0 Å². The number of ether oxygens (including phenoxy) is 1. The molecule has 1 N–H and O–H groups in total. The lowest BCUT2D eigenvalue weighted by atomic mass is 9.88. The summed E-state index contributed by atoms with van der Waals surface area (Å²) in [5.74, 6) is 0.633. The summed E-state index contributed by atoms with van der Waals surface area (Å²) in [5.41, 5.74) is 0.637. The fraction of sp³-hybridized carbons (Fsp3) is 0.611. The van der Waals surface area contributed by atoms with Crippen molar-refractivity contribution in [3.8, 4) is 0 Å². The van der Waals surface area contributed by atoms with E-state index in [9.17, 15) is 4.79 Å². The Morgan fingerprint density at radius 1 is 1.14 bits per heavy atom. The number of nitrogens with one attached hydrogen (secondary N) is 1. The van der Waals surface area contributed by atoms with Crippen LogP contribution >= 0.6 is 0 Å². The quantitative estimate of drug-likeness (QED) is 0.575. The van der Waals surface area contributed by atoms with Crippen molar-refractivity contribution in [2.24, 2.45) is 5.92 Å². The number of carbonyl (C=O) groups excluding carboxylic acids is 1. The van der Waals surface area contributed by atoms with Crippen molar-refractivity contribution in [1.29, 1.82) is 0 Å². The van der Waals surface area contributed by atoms with Gasteiger partial charge < -0.3 is 22.0 Å². The molecule has 1 aromatic rings. The van der Waals surface area contributed by atoms with Crippen molar-refractivity contribution < 1.29 is 26.8 Å². The van der Waals surface area contributed by atoms with Gasteiger partial charge in [-0.05, 0) is 31.9 Å². The molecule has 0 aliphatic carbocycles. The number of piperidine rings is 1. The van der Waals surface area contributed by atoms with Gasteiger partial charge in [0.15, 0.2) is 0 Å². The summed E-state index contributed by atoms with van der Waals surface area (Å²) in [4.78, 5) is 13.5. The molecule has 2 unspecified atom stereocenters. The van der Waals surface area contributed by atoms with Crippen LogP contribution in [0.2, 0.25) is 0 Å². The highest BCUT2D eigenvalue weighted by Gasteiger charge is 2.31. The molecule has 3 nitrogen and oxygen atoms in total. The average Bonchev–Trinajstić information content (AvgIpc) is 2.46. The molecular weight excluding hydrogens is 298 g/mol. The number of rotatable bonds is 5. The van der Waals surface area contributed by atoms with E-state index in [0.29, 0.717) is 24.3 Å². The van der Waals surface area contributed by atoms with Gasteiger partial charge in [-0.25, -0.2) is 4.79 Å². The molecule has 1 saturated heterocycles. The number of carbonyl (C=O) groups is 1. The molecule has 0 saturated carbocycles. The van der Waals surface area contributed by atoms with Crippen molar-refractivity contribution >= 4 is 5.97 Å². The highest BCUT2D eigenvalue weighted by molar-refractivity contribution is 5.89. The Morgan fingerprint density at radius 3 is 2.32 bits per heavy atom. The zero-order valence-corrected chi connectivity index (χ0v) is 14.6. The standard InChI is InChI=1S/C18H27NO2.ClH/c1-14-12-15(2)19(16(3)13-14)10-7-11-21-18(20)17-8-5-4-6-9-17;/h4-6,8-9,14-16H,7,10-13H2,1-3H3;1H. The van der Waals surface area contributed by atoms with Gasteiger partial charge in [0.2, 0.25) is 0 Å². The normalized spacial score (nSPS) is 27.8. The summed E-state index contributed by atoms with van der Waals surface area (Å²) in [6, 6.07) is 10.6. The van der Waals surface area contributed by atoms with Crippen LogP contribution in [0.4, 0.5) is 0 Å². The van der Waals surface area contributed by atoms with Crippen LogP contribution in [0.5, 0.6) is 0 Å². The van der Waals surface area contributed by atoms with E-state index in [4.69, 9.17) is 4.74 Å². The molecule has 1 fully saturated rings. The van der Waals surface area contributed by atoms with Crippen LogP contribution in [0.1, 0.15) is 50.4 Å². The highest BCUT2D eigenvalue weighted by Crippen LogP contribution is 2.15. The first-order valence-electron chi connectivity index (χ1n) is 8.15. The number of esters is 1. The molecular formula is C18H28ClNO2. The van der Waals surface area contributed by atoms with Gasteiger partial charge in [-0.1, -0.05) is 25.1 Å². The Morgan fingerprint density at radius 2 is 1.73 bits per heavy atom. The Labute approximate surface area is 140 Å². The second kappa shape index (κ2) is 9.16. The maximum Gasteiger partial charge on any atom is 0.338 e. The lowest BCUT2D eigenvalue weighted by molar-refractivity contribution is -0.952. The molecule has 0 amide bonds. The highest BCUT2D eigenvalue weighted by atomic mass is 35.5. The number of halogens is 1. The predicted octanol–water partition coefficient (Wildman–Crippen LogP) is -0.671. The molecule has 124 valence electrons. The third-order valence-electron chi connectivity index (χ3n) is 4.63. The molecule has 4 heteroatoms. The summed E-state index contributed by atoms with van der Waals surface area (Å²) in [6.07, 6.45) is 3.56. The third-order valence-corrected chi connectivity index (χ3v) is 4.63. The van der Waals surface area contributed by atoms with Crippen molar-refractivity contribution in [2.45, 2.75) is 52.1 Å². The van der Waals surface area contributed by atoms with Crippen molar-refractivity contribution in [2.75, 3.05) is 13.2 Å². The topological polar surface area (TPSA) is 30.7 Å². The Bertz CT molecular complexity index is 440. The summed E-state index contributed by atoms with van der Waals surface area (Å²) >= 11 is 0. The molecule has 0 radical (unpaired) electrons. The Kier molecular flexibility index (Phi) is 7.91. The molecule has 22 heavy (non-hydrogen) atoms. The van der Waals surface area contributed by atoms with Crippen LogP contribution in [0, 0.1) is 5.92 Å². The van der Waals surface area contributed by atoms with Gasteiger partial charge in [-0.3, -0.25) is 0 Å². The zero-order valence-electron chi connectivity index (χ0n) is 13.8. The summed E-state index contributed by atoms with van der Waals surface area (Å²) < 4.78 is 5.36. The lowest BCUT2D eigenvalue weighted by Crippen LogP contribution is -3.19. The maximum atomic E-state index is 11.8. The van der Waals surface area contributed by atoms with Crippen molar-refractivity contribution in [1.82, 2.24) is 0 Å². The van der Waals surface area contributed by atoms with Crippen LogP contribution < -0.4 is 17.3 Å². The fourth-order valence-electron chi connectivity index (χ4n) is 3.68. The van der Waals surface area contributed by atoms with Crippen molar-refractivity contribution in [3.63, 3.8) is 0 Å². The molecule has 2 rings (SSSR count). The van der Waals surface area contributed by atoms with E-state index in [0.717, 1.165) is 18.9 Å². The monoisotopic (exact) mass is 325 g/mol. The number of hydrogen-bond donors (Lipinski definition) is 1.